The fraction of sp³-hybridized carbons (Fsp3) is 0.250. The van der Waals surface area contributed by atoms with Gasteiger partial charge in [-0.15, -0.1) is 11.3 Å². The van der Waals surface area contributed by atoms with E-state index < -0.39 is 23.9 Å². The molecule has 0 saturated carbocycles. The van der Waals surface area contributed by atoms with Crippen molar-refractivity contribution in [2.75, 3.05) is 32.2 Å². The van der Waals surface area contributed by atoms with E-state index in [1.807, 2.05) is 19.1 Å². The Morgan fingerprint density at radius 3 is 2.60 bits per heavy atom. The summed E-state index contributed by atoms with van der Waals surface area (Å²) in [5.74, 6) is -0.908. The SMILES string of the molecule is COc1cnc2c(-c3nc4cc(F)c(O[C@@H](C)COC(=O)Nc5cnc(C(=O)NCCO)nc5)cc4s3)cc(C)cc2n1. The lowest BCUT2D eigenvalue weighted by Gasteiger charge is -2.15. The molecule has 3 aromatic heterocycles. The summed E-state index contributed by atoms with van der Waals surface area (Å²) in [5, 5.41) is 14.3. The number of carbonyl (C=O) groups is 2. The Morgan fingerprint density at radius 2 is 1.86 bits per heavy atom. The number of aliphatic hydroxyl groups excluding tert-OH is 1. The van der Waals surface area contributed by atoms with E-state index in [9.17, 15) is 14.0 Å². The Kier molecular flexibility index (Phi) is 8.82. The third-order valence-corrected chi connectivity index (χ3v) is 6.98. The zero-order valence-corrected chi connectivity index (χ0v) is 24.1. The minimum Gasteiger partial charge on any atom is -0.484 e. The summed E-state index contributed by atoms with van der Waals surface area (Å²) in [6, 6.07) is 6.72. The van der Waals surface area contributed by atoms with Crippen LogP contribution in [0.25, 0.3) is 31.8 Å². The highest BCUT2D eigenvalue weighted by Gasteiger charge is 2.18. The Balaban J connectivity index is 1.23. The Bertz CT molecular complexity index is 1800. The number of rotatable bonds is 10. The highest BCUT2D eigenvalue weighted by atomic mass is 32.1. The van der Waals surface area contributed by atoms with Gasteiger partial charge in [-0.25, -0.2) is 34.1 Å². The van der Waals surface area contributed by atoms with Crippen LogP contribution in [0.5, 0.6) is 11.6 Å². The fourth-order valence-electron chi connectivity index (χ4n) is 4.00. The van der Waals surface area contributed by atoms with Gasteiger partial charge in [0.1, 0.15) is 17.7 Å². The number of ether oxygens (including phenoxy) is 3. The van der Waals surface area contributed by atoms with E-state index in [0.717, 1.165) is 11.1 Å². The van der Waals surface area contributed by atoms with Crippen molar-refractivity contribution in [2.45, 2.75) is 20.0 Å². The monoisotopic (exact) mass is 607 g/mol. The molecule has 0 unspecified atom stereocenters. The normalized spacial score (nSPS) is 11.7. The Morgan fingerprint density at radius 1 is 1.07 bits per heavy atom. The van der Waals surface area contributed by atoms with Crippen molar-refractivity contribution in [3.63, 3.8) is 0 Å². The van der Waals surface area contributed by atoms with E-state index in [0.29, 0.717) is 32.1 Å². The number of hydrogen-bond acceptors (Lipinski definition) is 12. The molecule has 2 aromatic carbocycles. The molecule has 5 aromatic rings. The molecule has 15 heteroatoms. The molecular weight excluding hydrogens is 581 g/mol. The van der Waals surface area contributed by atoms with Crippen LogP contribution in [0.1, 0.15) is 23.1 Å². The molecule has 43 heavy (non-hydrogen) atoms. The number of nitrogens with zero attached hydrogens (tertiary/aromatic N) is 5. The first-order valence-electron chi connectivity index (χ1n) is 13.0. The first kappa shape index (κ1) is 29.5. The smallest absolute Gasteiger partial charge is 0.411 e. The van der Waals surface area contributed by atoms with Gasteiger partial charge in [0.15, 0.2) is 11.6 Å². The molecule has 13 nitrogen and oxygen atoms in total. The number of amides is 2. The third-order valence-electron chi connectivity index (χ3n) is 5.93. The van der Waals surface area contributed by atoms with Gasteiger partial charge in [-0.3, -0.25) is 10.1 Å². The lowest BCUT2D eigenvalue weighted by molar-refractivity contribution is 0.0934. The number of aryl methyl sites for hydroxylation is 1. The second-order valence-corrected chi connectivity index (χ2v) is 10.3. The number of fused-ring (bicyclic) bond motifs is 2. The number of carbonyl (C=O) groups excluding carboxylic acids is 2. The number of aliphatic hydroxyl groups is 1. The van der Waals surface area contributed by atoms with Crippen molar-refractivity contribution in [1.82, 2.24) is 30.2 Å². The van der Waals surface area contributed by atoms with Gasteiger partial charge in [-0.05, 0) is 31.5 Å². The number of thiazole rings is 1. The number of anilines is 1. The summed E-state index contributed by atoms with van der Waals surface area (Å²) < 4.78 is 31.8. The van der Waals surface area contributed by atoms with Crippen LogP contribution in [-0.2, 0) is 4.74 Å². The van der Waals surface area contributed by atoms with Crippen LogP contribution in [0.4, 0.5) is 14.9 Å². The largest absolute Gasteiger partial charge is 0.484 e. The molecule has 3 heterocycles. The van der Waals surface area contributed by atoms with E-state index in [4.69, 9.17) is 19.3 Å². The fourth-order valence-corrected chi connectivity index (χ4v) is 4.99. The molecule has 0 aliphatic rings. The average molecular weight is 608 g/mol. The lowest BCUT2D eigenvalue weighted by Crippen LogP contribution is -2.28. The maximum atomic E-state index is 15.0. The number of methoxy groups -OCH3 is 1. The molecular formula is C28H26FN7O6S. The molecule has 2 amide bonds. The van der Waals surface area contributed by atoms with Gasteiger partial charge in [0.2, 0.25) is 11.7 Å². The zero-order chi connectivity index (χ0) is 30.5. The van der Waals surface area contributed by atoms with E-state index in [-0.39, 0.29) is 37.0 Å². The Hall–Kier alpha value is -5.02. The summed E-state index contributed by atoms with van der Waals surface area (Å²) in [7, 11) is 1.53. The van der Waals surface area contributed by atoms with Gasteiger partial charge in [0.05, 0.1) is 59.2 Å². The van der Waals surface area contributed by atoms with Crippen LogP contribution in [-0.4, -0.2) is 75.0 Å². The Labute approximate surface area is 248 Å². The topological polar surface area (TPSA) is 171 Å². The van der Waals surface area contributed by atoms with Crippen molar-refractivity contribution in [1.29, 1.82) is 0 Å². The predicted octanol–water partition coefficient (Wildman–Crippen LogP) is 3.89. The average Bonchev–Trinajstić information content (AvgIpc) is 3.41. The first-order chi connectivity index (χ1) is 20.7. The van der Waals surface area contributed by atoms with E-state index in [1.54, 1.807) is 13.0 Å². The lowest BCUT2D eigenvalue weighted by atomic mass is 10.1. The van der Waals surface area contributed by atoms with Crippen molar-refractivity contribution in [3.8, 4) is 22.2 Å². The van der Waals surface area contributed by atoms with Crippen molar-refractivity contribution < 1.29 is 33.3 Å². The second kappa shape index (κ2) is 12.9. The van der Waals surface area contributed by atoms with Gasteiger partial charge in [0, 0.05) is 24.2 Å². The van der Waals surface area contributed by atoms with E-state index >= 15 is 0 Å². The summed E-state index contributed by atoms with van der Waals surface area (Å²) in [4.78, 5) is 45.3. The number of aromatic nitrogens is 5. The first-order valence-corrected chi connectivity index (χ1v) is 13.8. The summed E-state index contributed by atoms with van der Waals surface area (Å²) >= 11 is 1.36. The molecule has 0 fully saturated rings. The molecule has 0 saturated heterocycles. The van der Waals surface area contributed by atoms with Crippen molar-refractivity contribution in [3.05, 3.63) is 60.1 Å². The van der Waals surface area contributed by atoms with Crippen molar-refractivity contribution in [2.24, 2.45) is 0 Å². The summed E-state index contributed by atoms with van der Waals surface area (Å²) in [6.45, 7) is 3.24. The maximum Gasteiger partial charge on any atom is 0.411 e. The number of halogens is 1. The van der Waals surface area contributed by atoms with Crippen molar-refractivity contribution >= 4 is 50.3 Å². The van der Waals surface area contributed by atoms with Crippen LogP contribution in [0.15, 0.2) is 42.9 Å². The van der Waals surface area contributed by atoms with Gasteiger partial charge >= 0.3 is 6.09 Å². The minimum atomic E-state index is -0.814. The molecule has 0 aliphatic carbocycles. The van der Waals surface area contributed by atoms with Crippen LogP contribution < -0.4 is 20.1 Å². The second-order valence-electron chi connectivity index (χ2n) is 9.29. The highest BCUT2D eigenvalue weighted by molar-refractivity contribution is 7.21. The van der Waals surface area contributed by atoms with Crippen LogP contribution in [0, 0.1) is 12.7 Å². The minimum absolute atomic E-state index is 0.0127. The molecule has 222 valence electrons. The molecule has 0 aliphatic heterocycles. The quantitative estimate of drug-likeness (QED) is 0.210. The standard InChI is InChI=1S/C28H26FN7O6S/c1-14-6-17(24-20(7-14)35-23(40-3)12-31-24)27-36-19-8-18(29)21(9-22(19)43-27)42-15(2)13-41-28(39)34-16-10-32-25(33-11-16)26(38)30-4-5-37/h6-12,15,37H,4-5,13H2,1-3H3,(H,30,38)(H,34,39)/t15-/m0/s1. The number of benzene rings is 2. The summed E-state index contributed by atoms with van der Waals surface area (Å²) in [5.41, 5.74) is 3.70. The number of nitrogens with one attached hydrogen (secondary N) is 2. The molecule has 3 N–H and O–H groups in total. The molecule has 0 radical (unpaired) electrons. The van der Waals surface area contributed by atoms with Crippen LogP contribution in [0.3, 0.4) is 0 Å². The molecule has 0 bridgehead atoms. The zero-order valence-electron chi connectivity index (χ0n) is 23.3. The van der Waals surface area contributed by atoms with Crippen LogP contribution in [0.2, 0.25) is 0 Å². The van der Waals surface area contributed by atoms with Gasteiger partial charge in [0.25, 0.3) is 5.91 Å². The highest BCUT2D eigenvalue weighted by Crippen LogP contribution is 2.37. The third kappa shape index (κ3) is 6.90. The van der Waals surface area contributed by atoms with Gasteiger partial charge in [-0.1, -0.05) is 0 Å². The van der Waals surface area contributed by atoms with Crippen LogP contribution >= 0.6 is 11.3 Å². The summed E-state index contributed by atoms with van der Waals surface area (Å²) in [6.07, 6.45) is 2.50. The predicted molar refractivity (Wildman–Crippen MR) is 156 cm³/mol. The molecule has 0 spiro atoms. The van der Waals surface area contributed by atoms with Gasteiger partial charge < -0.3 is 24.6 Å². The number of hydrogen-bond donors (Lipinski definition) is 3. The molecule has 5 rings (SSSR count). The van der Waals surface area contributed by atoms with Gasteiger partial charge in [-0.2, -0.15) is 0 Å². The van der Waals surface area contributed by atoms with E-state index in [2.05, 4.69) is 35.6 Å². The van der Waals surface area contributed by atoms with E-state index in [1.165, 1.54) is 43.1 Å². The maximum absolute atomic E-state index is 15.0. The molecule has 1 atom stereocenters.